The molecule has 0 radical (unpaired) electrons. The second kappa shape index (κ2) is 7.51. The van der Waals surface area contributed by atoms with Crippen molar-refractivity contribution in [3.63, 3.8) is 0 Å². The lowest BCUT2D eigenvalue weighted by atomic mass is 9.88. The molecule has 3 rings (SSSR count). The van der Waals surface area contributed by atoms with Gasteiger partial charge in [-0.05, 0) is 25.0 Å². The number of alkyl halides is 3. The van der Waals surface area contributed by atoms with E-state index in [0.717, 1.165) is 38.2 Å². The molecule has 0 aliphatic heterocycles. The average molecular weight is 390 g/mol. The molecule has 1 unspecified atom stereocenters. The summed E-state index contributed by atoms with van der Waals surface area (Å²) < 4.78 is 92.7. The highest BCUT2D eigenvalue weighted by Gasteiger charge is 2.49. The van der Waals surface area contributed by atoms with Gasteiger partial charge in [-0.15, -0.1) is 13.2 Å². The first-order chi connectivity index (χ1) is 11.5. The minimum absolute atomic E-state index is 0.00386. The van der Waals surface area contributed by atoms with Crippen molar-refractivity contribution in [1.82, 2.24) is 0 Å². The van der Waals surface area contributed by atoms with Crippen molar-refractivity contribution >= 4 is 27.8 Å². The summed E-state index contributed by atoms with van der Waals surface area (Å²) in [4.78, 5) is 0.470. The number of hydrogen-bond donors (Lipinski definition) is 0. The van der Waals surface area contributed by atoms with Gasteiger partial charge in [-0.2, -0.15) is 0 Å². The molecule has 1 aliphatic rings. The molecule has 2 aromatic rings. The molecular weight excluding hydrogens is 375 g/mol. The molecule has 1 aromatic heterocycles. The lowest BCUT2D eigenvalue weighted by Gasteiger charge is -2.18. The Bertz CT molecular complexity index is 707. The average Bonchev–Trinajstić information content (AvgIpc) is 2.85. The van der Waals surface area contributed by atoms with E-state index in [-0.39, 0.29) is 10.6 Å². The van der Waals surface area contributed by atoms with Crippen LogP contribution in [0.25, 0.3) is 10.1 Å². The SMILES string of the molecule is F[B-](F)(F)F.Fc1ccc2cc(C3CCCCC3)[s+](C(F)(F)F)c2c1. The van der Waals surface area contributed by atoms with Gasteiger partial charge in [0, 0.05) is 23.4 Å². The van der Waals surface area contributed by atoms with E-state index in [1.807, 2.05) is 0 Å². The summed E-state index contributed by atoms with van der Waals surface area (Å²) in [7, 11) is -7.94. The summed E-state index contributed by atoms with van der Waals surface area (Å²) in [6, 6.07) is 5.41. The second-order valence-corrected chi connectivity index (χ2v) is 7.80. The lowest BCUT2D eigenvalue weighted by molar-refractivity contribution is -0.0868. The van der Waals surface area contributed by atoms with E-state index in [0.29, 0.717) is 10.3 Å². The Kier molecular flexibility index (Phi) is 6.01. The minimum Gasteiger partial charge on any atom is -0.418 e. The molecule has 1 aromatic carbocycles. The minimum atomic E-state index is -6.00. The van der Waals surface area contributed by atoms with E-state index in [1.54, 1.807) is 6.07 Å². The second-order valence-electron chi connectivity index (χ2n) is 5.81. The van der Waals surface area contributed by atoms with Gasteiger partial charge in [-0.1, -0.05) is 19.3 Å². The fraction of sp³-hybridized carbons (Fsp3) is 0.467. The maximum atomic E-state index is 13.4. The van der Waals surface area contributed by atoms with Crippen LogP contribution in [-0.2, 0) is 5.51 Å². The van der Waals surface area contributed by atoms with Gasteiger partial charge in [0.05, 0.1) is 10.5 Å². The Morgan fingerprint density at radius 2 is 1.48 bits per heavy atom. The molecule has 140 valence electrons. The summed E-state index contributed by atoms with van der Waals surface area (Å²) in [6.45, 7) is 0. The lowest BCUT2D eigenvalue weighted by Crippen LogP contribution is -2.06. The molecule has 1 aliphatic carbocycles. The third kappa shape index (κ3) is 5.59. The molecule has 1 fully saturated rings. The van der Waals surface area contributed by atoms with Crippen molar-refractivity contribution in [3.8, 4) is 0 Å². The van der Waals surface area contributed by atoms with Crippen LogP contribution in [-0.4, -0.2) is 7.25 Å². The van der Waals surface area contributed by atoms with Crippen LogP contribution in [0.2, 0.25) is 0 Å². The maximum Gasteiger partial charge on any atom is 0.673 e. The molecule has 10 heteroatoms. The fourth-order valence-corrected chi connectivity index (χ4v) is 5.25. The number of thiophene rings is 1. The Labute approximate surface area is 141 Å². The van der Waals surface area contributed by atoms with E-state index < -0.39 is 29.0 Å². The van der Waals surface area contributed by atoms with Gasteiger partial charge in [0.1, 0.15) is 5.82 Å². The van der Waals surface area contributed by atoms with Crippen LogP contribution in [0.5, 0.6) is 0 Å². The molecule has 0 bridgehead atoms. The van der Waals surface area contributed by atoms with Gasteiger partial charge in [0.15, 0.2) is 9.58 Å². The number of halogens is 8. The van der Waals surface area contributed by atoms with E-state index in [2.05, 4.69) is 0 Å². The van der Waals surface area contributed by atoms with Crippen LogP contribution in [0.3, 0.4) is 0 Å². The summed E-state index contributed by atoms with van der Waals surface area (Å²) in [5.74, 6) is -0.590. The molecule has 1 atom stereocenters. The molecular formula is C15H15BF8S. The predicted octanol–water partition coefficient (Wildman–Crippen LogP) is 7.55. The van der Waals surface area contributed by atoms with Crippen LogP contribution in [0.1, 0.15) is 42.9 Å². The van der Waals surface area contributed by atoms with Gasteiger partial charge in [-0.3, -0.25) is 0 Å². The van der Waals surface area contributed by atoms with Crippen molar-refractivity contribution in [1.29, 1.82) is 0 Å². The van der Waals surface area contributed by atoms with E-state index in [9.17, 15) is 34.8 Å². The quantitative estimate of drug-likeness (QED) is 0.268. The number of rotatable bonds is 1. The standard InChI is InChI=1S/C15H15F4S.BF4/c16-12-7-6-11-8-13(10-4-2-1-3-5-10)20(14(11)9-12)15(17,18)19;2-1(3,4)5/h6-10H,1-5H2;/q+1;-1. The van der Waals surface area contributed by atoms with E-state index in [4.69, 9.17) is 0 Å². The predicted molar refractivity (Wildman–Crippen MR) is 83.7 cm³/mol. The number of hydrogen-bond acceptors (Lipinski definition) is 0. The Morgan fingerprint density at radius 3 is 2.00 bits per heavy atom. The number of benzene rings is 1. The highest BCUT2D eigenvalue weighted by molar-refractivity contribution is 7.38. The summed E-state index contributed by atoms with van der Waals surface area (Å²) in [6.07, 6.45) is 4.72. The van der Waals surface area contributed by atoms with Crippen molar-refractivity contribution in [2.24, 2.45) is 0 Å². The molecule has 1 heterocycles. The zero-order valence-electron chi connectivity index (χ0n) is 12.9. The summed E-state index contributed by atoms with van der Waals surface area (Å²) in [5, 5.41) is 0.535. The first-order valence-corrected chi connectivity index (χ1v) is 8.89. The van der Waals surface area contributed by atoms with Gasteiger partial charge >= 0.3 is 12.8 Å². The zero-order chi connectivity index (χ0) is 18.8. The largest absolute Gasteiger partial charge is 0.673 e. The van der Waals surface area contributed by atoms with Crippen LogP contribution < -0.4 is 0 Å². The first-order valence-electron chi connectivity index (χ1n) is 7.66. The van der Waals surface area contributed by atoms with Gasteiger partial charge in [0.2, 0.25) is 0 Å². The number of fused-ring (bicyclic) bond motifs is 1. The van der Waals surface area contributed by atoms with E-state index in [1.165, 1.54) is 12.1 Å². The molecule has 0 amide bonds. The topological polar surface area (TPSA) is 0 Å². The monoisotopic (exact) mass is 390 g/mol. The molecule has 0 saturated heterocycles. The van der Waals surface area contributed by atoms with Crippen LogP contribution in [0, 0.1) is 5.82 Å². The normalized spacial score (nSPS) is 17.4. The Morgan fingerprint density at radius 1 is 0.920 bits per heavy atom. The van der Waals surface area contributed by atoms with Gasteiger partial charge in [0.25, 0.3) is 0 Å². The smallest absolute Gasteiger partial charge is 0.418 e. The third-order valence-corrected chi connectivity index (χ3v) is 6.15. The summed E-state index contributed by atoms with van der Waals surface area (Å²) in [5.41, 5.74) is -4.32. The van der Waals surface area contributed by atoms with Crippen molar-refractivity contribution < 1.29 is 34.8 Å². The molecule has 0 N–H and O–H groups in total. The molecule has 1 saturated carbocycles. The van der Waals surface area contributed by atoms with Gasteiger partial charge < -0.3 is 17.3 Å². The summed E-state index contributed by atoms with van der Waals surface area (Å²) >= 11 is 0. The van der Waals surface area contributed by atoms with Gasteiger partial charge in [-0.25, -0.2) is 4.39 Å². The fourth-order valence-electron chi connectivity index (χ4n) is 3.07. The van der Waals surface area contributed by atoms with Crippen molar-refractivity contribution in [2.45, 2.75) is 43.5 Å². The highest BCUT2D eigenvalue weighted by Crippen LogP contribution is 2.55. The van der Waals surface area contributed by atoms with Crippen LogP contribution in [0.4, 0.5) is 34.8 Å². The molecule has 25 heavy (non-hydrogen) atoms. The Hall–Kier alpha value is -1.32. The van der Waals surface area contributed by atoms with E-state index >= 15 is 0 Å². The molecule has 0 spiro atoms. The maximum absolute atomic E-state index is 13.4. The van der Waals surface area contributed by atoms with Crippen molar-refractivity contribution in [3.05, 3.63) is 35.0 Å². The molecule has 0 nitrogen and oxygen atoms in total. The van der Waals surface area contributed by atoms with Crippen LogP contribution >= 0.6 is 10.5 Å². The first kappa shape index (κ1) is 20.0. The highest BCUT2D eigenvalue weighted by atomic mass is 32.2. The van der Waals surface area contributed by atoms with Crippen LogP contribution in [0.15, 0.2) is 24.3 Å². The zero-order valence-corrected chi connectivity index (χ0v) is 13.7. The Balaban J connectivity index is 0.000000399. The van der Waals surface area contributed by atoms with Crippen molar-refractivity contribution in [2.75, 3.05) is 0 Å². The third-order valence-electron chi connectivity index (χ3n) is 3.97.